The molecule has 1 aromatic carbocycles. The van der Waals surface area contributed by atoms with Gasteiger partial charge in [-0.3, -0.25) is 19.2 Å². The van der Waals surface area contributed by atoms with Crippen LogP contribution in [0.2, 0.25) is 0 Å². The summed E-state index contributed by atoms with van der Waals surface area (Å²) in [6.45, 7) is 1.08. The molecule has 1 aliphatic carbocycles. The van der Waals surface area contributed by atoms with Gasteiger partial charge in [-0.2, -0.15) is 0 Å². The Hall–Kier alpha value is -3.34. The van der Waals surface area contributed by atoms with Gasteiger partial charge >= 0.3 is 0 Å². The van der Waals surface area contributed by atoms with Gasteiger partial charge in [0.25, 0.3) is 0 Å². The van der Waals surface area contributed by atoms with Crippen molar-refractivity contribution in [1.29, 1.82) is 0 Å². The Kier molecular flexibility index (Phi) is 6.64. The summed E-state index contributed by atoms with van der Waals surface area (Å²) >= 11 is 0. The minimum absolute atomic E-state index is 0.00180. The number of allylic oxidation sites excluding steroid dienone is 2. The molecule has 0 fully saturated rings. The van der Waals surface area contributed by atoms with Crippen LogP contribution in [0.15, 0.2) is 33.5 Å². The highest BCUT2D eigenvalue weighted by atomic mass is 16.7. The van der Waals surface area contributed by atoms with Crippen LogP contribution in [0.25, 0.3) is 16.5 Å². The van der Waals surface area contributed by atoms with Gasteiger partial charge in [-0.15, -0.1) is 0 Å². The SMILES string of the molecule is CC(Oc1ccc2c(=O)c(O)c(C3=CC(=O)C(=O)CC3=O)oc2c1)OC(CO)CCO. The summed E-state index contributed by atoms with van der Waals surface area (Å²) in [5.41, 5.74) is -1.22. The van der Waals surface area contributed by atoms with Crippen molar-refractivity contribution < 1.29 is 43.6 Å². The average molecular weight is 432 g/mol. The lowest BCUT2D eigenvalue weighted by atomic mass is 9.93. The predicted octanol–water partition coefficient (Wildman–Crippen LogP) is 0.478. The molecule has 0 spiro atoms. The van der Waals surface area contributed by atoms with Crippen molar-refractivity contribution in [2.45, 2.75) is 32.2 Å². The maximum atomic E-state index is 12.5. The van der Waals surface area contributed by atoms with Crippen LogP contribution in [0.1, 0.15) is 25.5 Å². The summed E-state index contributed by atoms with van der Waals surface area (Å²) in [6, 6.07) is 4.11. The molecular formula is C21H20O10. The third-order valence-electron chi connectivity index (χ3n) is 4.60. The lowest BCUT2D eigenvalue weighted by Gasteiger charge is -2.21. The van der Waals surface area contributed by atoms with Gasteiger partial charge in [-0.1, -0.05) is 0 Å². The number of aromatic hydroxyl groups is 1. The van der Waals surface area contributed by atoms with Crippen LogP contribution in [0, 0.1) is 0 Å². The summed E-state index contributed by atoms with van der Waals surface area (Å²) in [5.74, 6) is -3.71. The lowest BCUT2D eigenvalue weighted by Crippen LogP contribution is -2.28. The Morgan fingerprint density at radius 1 is 1.13 bits per heavy atom. The van der Waals surface area contributed by atoms with Crippen molar-refractivity contribution in [2.24, 2.45) is 0 Å². The van der Waals surface area contributed by atoms with Crippen LogP contribution in [-0.2, 0) is 19.1 Å². The minimum atomic E-state index is -0.930. The summed E-state index contributed by atoms with van der Waals surface area (Å²) < 4.78 is 16.6. The van der Waals surface area contributed by atoms with E-state index in [4.69, 9.17) is 19.0 Å². The smallest absolute Gasteiger partial charge is 0.235 e. The van der Waals surface area contributed by atoms with Gasteiger partial charge in [0.05, 0.1) is 30.1 Å². The van der Waals surface area contributed by atoms with Crippen molar-refractivity contribution in [2.75, 3.05) is 13.2 Å². The summed E-state index contributed by atoms with van der Waals surface area (Å²) in [6.07, 6.45) is -1.18. The number of hydrogen-bond acceptors (Lipinski definition) is 10. The standard InChI is InChI=1S/C21H20O10/c1-10(30-12(9-23)4-5-22)29-11-2-3-13-18(6-11)31-21(20(28)19(13)27)14-7-16(25)17(26)8-15(14)24/h2-3,6-7,10,12,22-23,28H,4-5,8-9H2,1H3. The molecule has 1 aliphatic rings. The zero-order chi connectivity index (χ0) is 22.7. The molecule has 0 radical (unpaired) electrons. The Labute approximate surface area is 175 Å². The van der Waals surface area contributed by atoms with E-state index in [1.807, 2.05) is 0 Å². The van der Waals surface area contributed by atoms with Gasteiger partial charge in [-0.05, 0) is 25.5 Å². The molecule has 1 aromatic heterocycles. The highest BCUT2D eigenvalue weighted by molar-refractivity contribution is 6.53. The monoisotopic (exact) mass is 432 g/mol. The predicted molar refractivity (Wildman–Crippen MR) is 106 cm³/mol. The van der Waals surface area contributed by atoms with E-state index in [1.165, 1.54) is 18.2 Å². The van der Waals surface area contributed by atoms with E-state index in [0.29, 0.717) is 0 Å². The van der Waals surface area contributed by atoms with E-state index >= 15 is 0 Å². The Morgan fingerprint density at radius 2 is 1.87 bits per heavy atom. The van der Waals surface area contributed by atoms with Crippen molar-refractivity contribution in [3.05, 3.63) is 40.3 Å². The molecule has 3 N–H and O–H groups in total. The van der Waals surface area contributed by atoms with Crippen LogP contribution in [0.5, 0.6) is 11.5 Å². The fourth-order valence-electron chi connectivity index (χ4n) is 3.07. The van der Waals surface area contributed by atoms with Crippen LogP contribution in [-0.4, -0.2) is 58.3 Å². The third-order valence-corrected chi connectivity index (χ3v) is 4.60. The highest BCUT2D eigenvalue weighted by Gasteiger charge is 2.31. The van der Waals surface area contributed by atoms with E-state index in [1.54, 1.807) is 6.92 Å². The van der Waals surface area contributed by atoms with Crippen molar-refractivity contribution in [3.8, 4) is 11.5 Å². The van der Waals surface area contributed by atoms with Crippen LogP contribution >= 0.6 is 0 Å². The average Bonchev–Trinajstić information content (AvgIpc) is 2.73. The summed E-state index contributed by atoms with van der Waals surface area (Å²) in [7, 11) is 0. The quantitative estimate of drug-likeness (QED) is 0.304. The second-order valence-electron chi connectivity index (χ2n) is 6.85. The molecule has 2 atom stereocenters. The van der Waals surface area contributed by atoms with E-state index in [-0.39, 0.29) is 41.9 Å². The molecule has 10 nitrogen and oxygen atoms in total. The van der Waals surface area contributed by atoms with Gasteiger partial charge in [0, 0.05) is 18.7 Å². The minimum Gasteiger partial charge on any atom is -0.502 e. The van der Waals surface area contributed by atoms with Gasteiger partial charge in [0.2, 0.25) is 22.7 Å². The second-order valence-corrected chi connectivity index (χ2v) is 6.85. The van der Waals surface area contributed by atoms with Crippen LogP contribution < -0.4 is 10.2 Å². The van der Waals surface area contributed by atoms with Crippen LogP contribution in [0.4, 0.5) is 0 Å². The van der Waals surface area contributed by atoms with Crippen LogP contribution in [0.3, 0.4) is 0 Å². The van der Waals surface area contributed by atoms with E-state index in [2.05, 4.69) is 0 Å². The molecule has 31 heavy (non-hydrogen) atoms. The molecule has 0 bridgehead atoms. The van der Waals surface area contributed by atoms with Gasteiger partial charge in [0.1, 0.15) is 11.3 Å². The Morgan fingerprint density at radius 3 is 2.55 bits per heavy atom. The molecule has 164 valence electrons. The maximum Gasteiger partial charge on any atom is 0.235 e. The molecule has 0 aliphatic heterocycles. The summed E-state index contributed by atoms with van der Waals surface area (Å²) in [5, 5.41) is 28.4. The highest BCUT2D eigenvalue weighted by Crippen LogP contribution is 2.31. The molecular weight excluding hydrogens is 412 g/mol. The molecule has 0 saturated carbocycles. The van der Waals surface area contributed by atoms with Crippen molar-refractivity contribution in [1.82, 2.24) is 0 Å². The second kappa shape index (κ2) is 9.21. The topological polar surface area (TPSA) is 161 Å². The number of fused-ring (bicyclic) bond motifs is 1. The Bertz CT molecular complexity index is 1130. The number of rotatable bonds is 8. The molecule has 2 unspecified atom stereocenters. The third kappa shape index (κ3) is 4.71. The van der Waals surface area contributed by atoms with Crippen molar-refractivity contribution in [3.63, 3.8) is 0 Å². The van der Waals surface area contributed by atoms with E-state index in [0.717, 1.165) is 6.08 Å². The number of aliphatic hydroxyl groups excluding tert-OH is 2. The molecule has 1 heterocycles. The number of benzene rings is 1. The molecule has 10 heteroatoms. The first-order chi connectivity index (χ1) is 14.7. The number of carbonyl (C=O) groups excluding carboxylic acids is 3. The molecule has 2 aromatic rings. The number of ketones is 3. The first kappa shape index (κ1) is 22.3. The van der Waals surface area contributed by atoms with Crippen molar-refractivity contribution >= 4 is 33.9 Å². The number of carbonyl (C=O) groups is 3. The normalized spacial score (nSPS) is 16.4. The summed E-state index contributed by atoms with van der Waals surface area (Å²) in [4.78, 5) is 47.7. The molecule has 0 amide bonds. The number of hydrogen-bond donors (Lipinski definition) is 3. The number of aliphatic hydroxyl groups is 2. The fourth-order valence-corrected chi connectivity index (χ4v) is 3.07. The number of Topliss-reactive ketones (excluding diaryl/α,β-unsaturated/α-hetero) is 2. The van der Waals surface area contributed by atoms with E-state index < -0.39 is 53.1 Å². The molecule has 0 saturated heterocycles. The first-order valence-corrected chi connectivity index (χ1v) is 9.41. The van der Waals surface area contributed by atoms with Gasteiger partial charge in [-0.25, -0.2) is 0 Å². The van der Waals surface area contributed by atoms with Gasteiger partial charge in [0.15, 0.2) is 17.8 Å². The maximum absolute atomic E-state index is 12.5. The first-order valence-electron chi connectivity index (χ1n) is 9.41. The van der Waals surface area contributed by atoms with Gasteiger partial charge < -0.3 is 29.2 Å². The zero-order valence-corrected chi connectivity index (χ0v) is 16.5. The molecule has 3 rings (SSSR count). The van der Waals surface area contributed by atoms with E-state index in [9.17, 15) is 29.4 Å². The number of ether oxygens (including phenoxy) is 2. The fraction of sp³-hybridized carbons (Fsp3) is 0.333. The lowest BCUT2D eigenvalue weighted by molar-refractivity contribution is -0.136. The zero-order valence-electron chi connectivity index (χ0n) is 16.5. The largest absolute Gasteiger partial charge is 0.502 e. The Balaban J connectivity index is 1.96.